The highest BCUT2D eigenvalue weighted by molar-refractivity contribution is 9.11. The number of aliphatic hydroxyl groups excluding tert-OH is 1. The Balaban J connectivity index is 2.17. The fourth-order valence-corrected chi connectivity index (χ4v) is 2.32. The van der Waals surface area contributed by atoms with Crippen LogP contribution in [0.2, 0.25) is 0 Å². The van der Waals surface area contributed by atoms with Crippen molar-refractivity contribution < 1.29 is 5.11 Å². The lowest BCUT2D eigenvalue weighted by atomic mass is 10.3. The van der Waals surface area contributed by atoms with Crippen LogP contribution in [-0.2, 0) is 0 Å². The van der Waals surface area contributed by atoms with Crippen LogP contribution in [0.4, 0.5) is 5.82 Å². The van der Waals surface area contributed by atoms with Crippen molar-refractivity contribution >= 4 is 37.7 Å². The largest absolute Gasteiger partial charge is 0.394 e. The molecule has 2 N–H and O–H groups in total. The highest BCUT2D eigenvalue weighted by Crippen LogP contribution is 2.39. The lowest BCUT2D eigenvalue weighted by molar-refractivity contribution is 0.266. The number of halogens is 2. The summed E-state index contributed by atoms with van der Waals surface area (Å²) in [7, 11) is 0. The topological polar surface area (TPSA) is 45.1 Å². The number of pyridine rings is 1. The summed E-state index contributed by atoms with van der Waals surface area (Å²) < 4.78 is 1.84. The van der Waals surface area contributed by atoms with E-state index < -0.39 is 0 Å². The molecule has 1 aliphatic carbocycles. The molecular weight excluding hydrogens is 312 g/mol. The maximum Gasteiger partial charge on any atom is 0.140 e. The zero-order valence-electron chi connectivity index (χ0n) is 7.43. The van der Waals surface area contributed by atoms with Gasteiger partial charge < -0.3 is 10.4 Å². The number of nitrogens with one attached hydrogen (secondary N) is 1. The summed E-state index contributed by atoms with van der Waals surface area (Å²) >= 11 is 6.76. The summed E-state index contributed by atoms with van der Waals surface area (Å²) in [5.41, 5.74) is -0.122. The zero-order chi connectivity index (χ0) is 10.2. The third-order valence-electron chi connectivity index (χ3n) is 2.35. The fourth-order valence-electron chi connectivity index (χ4n) is 1.23. The van der Waals surface area contributed by atoms with Crippen molar-refractivity contribution in [2.75, 3.05) is 11.9 Å². The van der Waals surface area contributed by atoms with E-state index in [2.05, 4.69) is 42.2 Å². The van der Waals surface area contributed by atoms with Crippen LogP contribution >= 0.6 is 31.9 Å². The first kappa shape index (κ1) is 10.4. The summed E-state index contributed by atoms with van der Waals surface area (Å²) in [6.07, 6.45) is 3.75. The maximum absolute atomic E-state index is 9.15. The average Bonchev–Trinajstić information content (AvgIpc) is 2.91. The monoisotopic (exact) mass is 320 g/mol. The van der Waals surface area contributed by atoms with Crippen LogP contribution in [-0.4, -0.2) is 22.2 Å². The fraction of sp³-hybridized carbons (Fsp3) is 0.444. The standard InChI is InChI=1S/C9H10Br2N2O/c10-6-3-7(11)8(12-4-6)13-9(5-14)1-2-9/h3-4,14H,1-2,5H2,(H,12,13). The van der Waals surface area contributed by atoms with Crippen LogP contribution in [0.25, 0.3) is 0 Å². The van der Waals surface area contributed by atoms with Crippen molar-refractivity contribution in [1.82, 2.24) is 4.98 Å². The minimum Gasteiger partial charge on any atom is -0.394 e. The maximum atomic E-state index is 9.15. The van der Waals surface area contributed by atoms with E-state index in [1.165, 1.54) is 0 Å². The Morgan fingerprint density at radius 3 is 2.71 bits per heavy atom. The van der Waals surface area contributed by atoms with Crippen molar-refractivity contribution in [3.05, 3.63) is 21.2 Å². The van der Waals surface area contributed by atoms with Gasteiger partial charge >= 0.3 is 0 Å². The SMILES string of the molecule is OCC1(Nc2ncc(Br)cc2Br)CC1. The number of hydrogen-bond donors (Lipinski definition) is 2. The molecule has 0 amide bonds. The van der Waals surface area contributed by atoms with E-state index in [1.807, 2.05) is 6.07 Å². The van der Waals surface area contributed by atoms with Crippen LogP contribution in [0.1, 0.15) is 12.8 Å². The van der Waals surface area contributed by atoms with Crippen molar-refractivity contribution in [3.8, 4) is 0 Å². The van der Waals surface area contributed by atoms with Gasteiger partial charge in [0.15, 0.2) is 0 Å². The van der Waals surface area contributed by atoms with Gasteiger partial charge in [-0.3, -0.25) is 0 Å². The number of nitrogens with zero attached hydrogens (tertiary/aromatic N) is 1. The first-order chi connectivity index (χ1) is 6.65. The molecule has 3 nitrogen and oxygen atoms in total. The molecular formula is C9H10Br2N2O. The first-order valence-corrected chi connectivity index (χ1v) is 5.94. The van der Waals surface area contributed by atoms with Crippen LogP contribution in [0.15, 0.2) is 21.2 Å². The summed E-state index contributed by atoms with van der Waals surface area (Å²) in [5.74, 6) is 0.791. The predicted octanol–water partition coefficient (Wildman–Crippen LogP) is 2.54. The van der Waals surface area contributed by atoms with Gasteiger partial charge in [-0.1, -0.05) is 0 Å². The first-order valence-electron chi connectivity index (χ1n) is 4.35. The van der Waals surface area contributed by atoms with Crippen molar-refractivity contribution in [1.29, 1.82) is 0 Å². The van der Waals surface area contributed by atoms with E-state index in [9.17, 15) is 0 Å². The van der Waals surface area contributed by atoms with Crippen LogP contribution in [0.3, 0.4) is 0 Å². The summed E-state index contributed by atoms with van der Waals surface area (Å²) in [6.45, 7) is 0.164. The Kier molecular flexibility index (Phi) is 2.81. The number of anilines is 1. The molecule has 0 radical (unpaired) electrons. The van der Waals surface area contributed by atoms with Crippen LogP contribution < -0.4 is 5.32 Å². The number of aromatic nitrogens is 1. The smallest absolute Gasteiger partial charge is 0.140 e. The van der Waals surface area contributed by atoms with Gasteiger partial charge in [-0.15, -0.1) is 0 Å². The lowest BCUT2D eigenvalue weighted by Gasteiger charge is -2.15. The zero-order valence-corrected chi connectivity index (χ0v) is 10.6. The van der Waals surface area contributed by atoms with E-state index >= 15 is 0 Å². The van der Waals surface area contributed by atoms with Gasteiger partial charge in [0.05, 0.1) is 16.6 Å². The summed E-state index contributed by atoms with van der Waals surface area (Å²) in [5, 5.41) is 12.4. The van der Waals surface area contributed by atoms with E-state index in [0.29, 0.717) is 0 Å². The number of hydrogen-bond acceptors (Lipinski definition) is 3. The molecule has 1 aromatic heterocycles. The van der Waals surface area contributed by atoms with E-state index in [0.717, 1.165) is 27.6 Å². The predicted molar refractivity (Wildman–Crippen MR) is 62.3 cm³/mol. The second kappa shape index (κ2) is 3.79. The highest BCUT2D eigenvalue weighted by atomic mass is 79.9. The van der Waals surface area contributed by atoms with E-state index in [1.54, 1.807) is 6.20 Å². The van der Waals surface area contributed by atoms with Crippen LogP contribution in [0.5, 0.6) is 0 Å². The average molecular weight is 322 g/mol. The molecule has 0 bridgehead atoms. The van der Waals surface area contributed by atoms with Gasteiger partial charge in [-0.2, -0.15) is 0 Å². The molecule has 2 rings (SSSR count). The molecule has 1 saturated carbocycles. The highest BCUT2D eigenvalue weighted by Gasteiger charge is 2.42. The normalized spacial score (nSPS) is 17.9. The molecule has 0 aliphatic heterocycles. The summed E-state index contributed by atoms with van der Waals surface area (Å²) in [6, 6.07) is 1.93. The third kappa shape index (κ3) is 2.10. The Morgan fingerprint density at radius 2 is 2.21 bits per heavy atom. The quantitative estimate of drug-likeness (QED) is 0.899. The molecule has 76 valence electrons. The Labute approximate surface area is 99.2 Å². The molecule has 0 saturated heterocycles. The molecule has 0 aromatic carbocycles. The van der Waals surface area contributed by atoms with Gasteiger partial charge in [0.25, 0.3) is 0 Å². The van der Waals surface area contributed by atoms with Crippen molar-refractivity contribution in [2.45, 2.75) is 18.4 Å². The second-order valence-electron chi connectivity index (χ2n) is 3.55. The molecule has 0 atom stereocenters. The molecule has 0 spiro atoms. The Hall–Kier alpha value is -0.130. The Bertz CT molecular complexity index is 353. The third-order valence-corrected chi connectivity index (χ3v) is 3.39. The number of rotatable bonds is 3. The molecule has 1 aliphatic rings. The molecule has 14 heavy (non-hydrogen) atoms. The molecule has 1 fully saturated rings. The van der Waals surface area contributed by atoms with E-state index in [4.69, 9.17) is 5.11 Å². The van der Waals surface area contributed by atoms with Gasteiger partial charge in [-0.25, -0.2) is 4.98 Å². The van der Waals surface area contributed by atoms with Crippen LogP contribution in [0, 0.1) is 0 Å². The Morgan fingerprint density at radius 1 is 1.50 bits per heavy atom. The second-order valence-corrected chi connectivity index (χ2v) is 5.32. The van der Waals surface area contributed by atoms with Gasteiger partial charge in [-0.05, 0) is 50.8 Å². The minimum absolute atomic E-state index is 0.122. The van der Waals surface area contributed by atoms with Gasteiger partial charge in [0.2, 0.25) is 0 Å². The van der Waals surface area contributed by atoms with E-state index in [-0.39, 0.29) is 12.1 Å². The number of aliphatic hydroxyl groups is 1. The summed E-state index contributed by atoms with van der Waals surface area (Å²) in [4.78, 5) is 4.23. The van der Waals surface area contributed by atoms with Crippen molar-refractivity contribution in [2.24, 2.45) is 0 Å². The molecule has 1 heterocycles. The minimum atomic E-state index is -0.122. The molecule has 1 aromatic rings. The van der Waals surface area contributed by atoms with Gasteiger partial charge in [0.1, 0.15) is 5.82 Å². The molecule has 5 heteroatoms. The lowest BCUT2D eigenvalue weighted by Crippen LogP contribution is -2.26. The van der Waals surface area contributed by atoms with Gasteiger partial charge in [0, 0.05) is 10.7 Å². The molecule has 0 unspecified atom stereocenters. The van der Waals surface area contributed by atoms with Crippen molar-refractivity contribution in [3.63, 3.8) is 0 Å².